The Hall–Kier alpha value is -1.38. The molecular formula is C14H20N2O. The lowest BCUT2D eigenvalue weighted by molar-refractivity contribution is -0.118. The van der Waals surface area contributed by atoms with Crippen molar-refractivity contribution in [3.8, 4) is 0 Å². The smallest absolute Gasteiger partial charge is 0.136 e. The van der Waals surface area contributed by atoms with Gasteiger partial charge in [0, 0.05) is 31.5 Å². The number of aryl methyl sites for hydroxylation is 2. The second-order valence-electron chi connectivity index (χ2n) is 4.58. The number of aromatic nitrogens is 2. The van der Waals surface area contributed by atoms with Crippen molar-refractivity contribution in [2.24, 2.45) is 0 Å². The number of hydrogen-bond donors (Lipinski definition) is 0. The van der Waals surface area contributed by atoms with Crippen LogP contribution >= 0.6 is 0 Å². The zero-order valence-corrected chi connectivity index (χ0v) is 10.7. The van der Waals surface area contributed by atoms with E-state index >= 15 is 0 Å². The highest BCUT2D eigenvalue weighted by Gasteiger charge is 2.13. The maximum Gasteiger partial charge on any atom is 0.136 e. The Bertz CT molecular complexity index is 443. The third kappa shape index (κ3) is 2.84. The number of nitrogens with zero attached hydrogens (tertiary/aromatic N) is 2. The Morgan fingerprint density at radius 2 is 2.18 bits per heavy atom. The number of Topliss-reactive ketones (excluding diaryl/α,β-unsaturated/α-hetero) is 1. The Morgan fingerprint density at radius 3 is 2.76 bits per heavy atom. The minimum Gasteiger partial charge on any atom is -0.299 e. The molecule has 0 bridgehead atoms. The fourth-order valence-electron chi connectivity index (χ4n) is 2.26. The minimum absolute atomic E-state index is 0.368. The van der Waals surface area contributed by atoms with Gasteiger partial charge in [-0.25, -0.2) is 0 Å². The average Bonchev–Trinajstić information content (AvgIpc) is 2.74. The van der Waals surface area contributed by atoms with Gasteiger partial charge in [-0.1, -0.05) is 18.6 Å². The van der Waals surface area contributed by atoms with Crippen molar-refractivity contribution in [2.75, 3.05) is 0 Å². The molecule has 92 valence electrons. The van der Waals surface area contributed by atoms with E-state index in [1.165, 1.54) is 11.3 Å². The summed E-state index contributed by atoms with van der Waals surface area (Å²) in [5, 5.41) is 4.55. The largest absolute Gasteiger partial charge is 0.299 e. The van der Waals surface area contributed by atoms with Crippen LogP contribution in [0.25, 0.3) is 0 Å². The normalized spacial score (nSPS) is 16.1. The zero-order chi connectivity index (χ0) is 12.3. The zero-order valence-electron chi connectivity index (χ0n) is 10.7. The maximum atomic E-state index is 11.2. The van der Waals surface area contributed by atoms with Crippen LogP contribution in [0.1, 0.15) is 44.5 Å². The van der Waals surface area contributed by atoms with Gasteiger partial charge in [0.15, 0.2) is 0 Å². The van der Waals surface area contributed by atoms with Crippen LogP contribution in [0.3, 0.4) is 0 Å². The van der Waals surface area contributed by atoms with E-state index in [0.29, 0.717) is 18.6 Å². The molecule has 1 aromatic rings. The van der Waals surface area contributed by atoms with Gasteiger partial charge in [0.25, 0.3) is 0 Å². The van der Waals surface area contributed by atoms with Gasteiger partial charge in [0.2, 0.25) is 0 Å². The molecule has 0 spiro atoms. The van der Waals surface area contributed by atoms with Crippen LogP contribution in [0.4, 0.5) is 0 Å². The molecule has 3 nitrogen and oxygen atoms in total. The SMILES string of the molecule is CCc1cc(CC2=CCC(=O)CC2)n(CC)n1. The second-order valence-corrected chi connectivity index (χ2v) is 4.58. The summed E-state index contributed by atoms with van der Waals surface area (Å²) < 4.78 is 2.08. The molecule has 0 N–H and O–H groups in total. The molecule has 0 radical (unpaired) electrons. The number of carbonyl (C=O) groups is 1. The van der Waals surface area contributed by atoms with E-state index in [1.807, 2.05) is 0 Å². The van der Waals surface area contributed by atoms with Gasteiger partial charge in [-0.3, -0.25) is 9.48 Å². The highest BCUT2D eigenvalue weighted by atomic mass is 16.1. The molecule has 0 unspecified atom stereocenters. The van der Waals surface area contributed by atoms with E-state index < -0.39 is 0 Å². The molecule has 17 heavy (non-hydrogen) atoms. The van der Waals surface area contributed by atoms with Gasteiger partial charge < -0.3 is 0 Å². The first kappa shape index (κ1) is 12.1. The van der Waals surface area contributed by atoms with Crippen molar-refractivity contribution in [2.45, 2.75) is 52.5 Å². The first-order chi connectivity index (χ1) is 8.22. The minimum atomic E-state index is 0.368. The van der Waals surface area contributed by atoms with Gasteiger partial charge >= 0.3 is 0 Å². The van der Waals surface area contributed by atoms with Crippen molar-refractivity contribution in [3.63, 3.8) is 0 Å². The summed E-state index contributed by atoms with van der Waals surface area (Å²) in [6, 6.07) is 2.20. The monoisotopic (exact) mass is 232 g/mol. The lowest BCUT2D eigenvalue weighted by Gasteiger charge is -2.12. The van der Waals surface area contributed by atoms with Crippen LogP contribution in [0.2, 0.25) is 0 Å². The predicted octanol–water partition coefficient (Wildman–Crippen LogP) is 2.69. The summed E-state index contributed by atoms with van der Waals surface area (Å²) in [5.74, 6) is 0.368. The van der Waals surface area contributed by atoms with Crippen molar-refractivity contribution in [1.29, 1.82) is 0 Å². The molecule has 1 aliphatic carbocycles. The third-order valence-corrected chi connectivity index (χ3v) is 3.33. The third-order valence-electron chi connectivity index (χ3n) is 3.33. The van der Waals surface area contributed by atoms with Gasteiger partial charge in [0.1, 0.15) is 5.78 Å². The maximum absolute atomic E-state index is 11.2. The van der Waals surface area contributed by atoms with E-state index in [9.17, 15) is 4.79 Å². The summed E-state index contributed by atoms with van der Waals surface area (Å²) >= 11 is 0. The topological polar surface area (TPSA) is 34.9 Å². The van der Waals surface area contributed by atoms with E-state index in [4.69, 9.17) is 0 Å². The average molecular weight is 232 g/mol. The van der Waals surface area contributed by atoms with Gasteiger partial charge in [-0.05, 0) is 25.8 Å². The van der Waals surface area contributed by atoms with Gasteiger partial charge in [-0.2, -0.15) is 5.10 Å². The molecule has 1 heterocycles. The lowest BCUT2D eigenvalue weighted by atomic mass is 9.95. The standard InChI is InChI=1S/C14H20N2O/c1-3-12-10-13(16(4-2)15-12)9-11-5-7-14(17)8-6-11/h5,10H,3-4,6-9H2,1-2H3. The Labute approximate surface area is 103 Å². The van der Waals surface area contributed by atoms with E-state index in [0.717, 1.165) is 31.5 Å². The quantitative estimate of drug-likeness (QED) is 0.748. The molecule has 3 heteroatoms. The molecule has 1 aliphatic rings. The molecule has 2 rings (SSSR count). The number of hydrogen-bond acceptors (Lipinski definition) is 2. The summed E-state index contributed by atoms with van der Waals surface area (Å²) in [6.45, 7) is 5.17. The summed E-state index contributed by atoms with van der Waals surface area (Å²) in [5.41, 5.74) is 3.83. The van der Waals surface area contributed by atoms with Crippen molar-refractivity contribution in [3.05, 3.63) is 29.1 Å². The number of ketones is 1. The fraction of sp³-hybridized carbons (Fsp3) is 0.571. The highest BCUT2D eigenvalue weighted by Crippen LogP contribution is 2.20. The first-order valence-corrected chi connectivity index (χ1v) is 6.48. The van der Waals surface area contributed by atoms with Crippen molar-refractivity contribution >= 4 is 5.78 Å². The molecular weight excluding hydrogens is 212 g/mol. The highest BCUT2D eigenvalue weighted by molar-refractivity contribution is 5.81. The van der Waals surface area contributed by atoms with E-state index in [1.54, 1.807) is 0 Å². The number of rotatable bonds is 4. The summed E-state index contributed by atoms with van der Waals surface area (Å²) in [6.07, 6.45) is 6.30. The Kier molecular flexibility index (Phi) is 3.77. The molecule has 1 aromatic heterocycles. The van der Waals surface area contributed by atoms with Crippen molar-refractivity contribution < 1.29 is 4.79 Å². The Morgan fingerprint density at radius 1 is 1.35 bits per heavy atom. The molecule has 0 amide bonds. The van der Waals surface area contributed by atoms with Gasteiger partial charge in [-0.15, -0.1) is 0 Å². The number of allylic oxidation sites excluding steroid dienone is 2. The van der Waals surface area contributed by atoms with Crippen LogP contribution in [-0.2, 0) is 24.2 Å². The fourth-order valence-corrected chi connectivity index (χ4v) is 2.26. The number of carbonyl (C=O) groups excluding carboxylic acids is 1. The van der Waals surface area contributed by atoms with Crippen molar-refractivity contribution in [1.82, 2.24) is 9.78 Å². The Balaban J connectivity index is 2.12. The van der Waals surface area contributed by atoms with Crippen LogP contribution in [-0.4, -0.2) is 15.6 Å². The van der Waals surface area contributed by atoms with Crippen LogP contribution in [0, 0.1) is 0 Å². The van der Waals surface area contributed by atoms with Crippen LogP contribution in [0.5, 0.6) is 0 Å². The summed E-state index contributed by atoms with van der Waals surface area (Å²) in [7, 11) is 0. The molecule has 0 aliphatic heterocycles. The first-order valence-electron chi connectivity index (χ1n) is 6.48. The van der Waals surface area contributed by atoms with Crippen LogP contribution in [0.15, 0.2) is 17.7 Å². The molecule has 0 saturated carbocycles. The van der Waals surface area contributed by atoms with Gasteiger partial charge in [0.05, 0.1) is 5.69 Å². The lowest BCUT2D eigenvalue weighted by Crippen LogP contribution is -2.08. The molecule has 0 saturated heterocycles. The van der Waals surface area contributed by atoms with Crippen LogP contribution < -0.4 is 0 Å². The van der Waals surface area contributed by atoms with E-state index in [-0.39, 0.29) is 0 Å². The molecule has 0 aromatic carbocycles. The predicted molar refractivity (Wildman–Crippen MR) is 67.9 cm³/mol. The second kappa shape index (κ2) is 5.30. The molecule has 0 fully saturated rings. The summed E-state index contributed by atoms with van der Waals surface area (Å²) in [4.78, 5) is 11.2. The van der Waals surface area contributed by atoms with E-state index in [2.05, 4.69) is 35.8 Å². The molecule has 0 atom stereocenters.